The molecule has 1 aromatic heterocycles. The number of sulfonamides is 1. The van der Waals surface area contributed by atoms with E-state index in [1.165, 1.54) is 5.56 Å². The van der Waals surface area contributed by atoms with Crippen LogP contribution in [-0.2, 0) is 16.4 Å². The number of guanidine groups is 1. The van der Waals surface area contributed by atoms with Crippen molar-refractivity contribution in [2.45, 2.75) is 30.8 Å². The summed E-state index contributed by atoms with van der Waals surface area (Å²) < 4.78 is 61.4. The minimum atomic E-state index is -5.26. The first-order valence-electron chi connectivity index (χ1n) is 9.31. The van der Waals surface area contributed by atoms with Gasteiger partial charge in [-0.15, -0.1) is 0 Å². The SMILES string of the molecule is CN=C(NCCc1c[nH]c2ccccc12)NC1CCN(S(=O)(=O)C(F)(F)F)CC1. The Labute approximate surface area is 167 Å². The van der Waals surface area contributed by atoms with Gasteiger partial charge >= 0.3 is 15.5 Å². The number of H-pyrrole nitrogens is 1. The molecule has 1 fully saturated rings. The quantitative estimate of drug-likeness (QED) is 0.500. The standard InChI is InChI=1S/C18H24F3N5O2S/c1-22-17(23-9-6-13-12-24-16-5-3-2-4-15(13)16)25-14-7-10-26(11-8-14)29(27,28)18(19,20)21/h2-5,12,14,24H,6-11H2,1H3,(H2,22,23,25). The number of fused-ring (bicyclic) bond motifs is 1. The molecule has 0 bridgehead atoms. The fourth-order valence-electron chi connectivity index (χ4n) is 3.43. The van der Waals surface area contributed by atoms with E-state index in [9.17, 15) is 21.6 Å². The fraction of sp³-hybridized carbons (Fsp3) is 0.500. The third-order valence-corrected chi connectivity index (χ3v) is 6.64. The number of benzene rings is 1. The predicted octanol–water partition coefficient (Wildman–Crippen LogP) is 2.19. The molecular weight excluding hydrogens is 407 g/mol. The van der Waals surface area contributed by atoms with Crippen molar-refractivity contribution in [3.8, 4) is 0 Å². The molecule has 0 saturated carbocycles. The second kappa shape index (κ2) is 8.62. The van der Waals surface area contributed by atoms with Crippen molar-refractivity contribution in [3.63, 3.8) is 0 Å². The van der Waals surface area contributed by atoms with E-state index in [4.69, 9.17) is 0 Å². The van der Waals surface area contributed by atoms with Gasteiger partial charge in [0.1, 0.15) is 0 Å². The van der Waals surface area contributed by atoms with Gasteiger partial charge in [-0.2, -0.15) is 17.5 Å². The van der Waals surface area contributed by atoms with Crippen LogP contribution in [0.2, 0.25) is 0 Å². The summed E-state index contributed by atoms with van der Waals surface area (Å²) in [7, 11) is -3.64. The van der Waals surface area contributed by atoms with Gasteiger partial charge in [-0.25, -0.2) is 8.42 Å². The molecule has 3 rings (SSSR count). The zero-order valence-corrected chi connectivity index (χ0v) is 16.8. The maximum Gasteiger partial charge on any atom is 0.511 e. The van der Waals surface area contributed by atoms with Crippen molar-refractivity contribution < 1.29 is 21.6 Å². The lowest BCUT2D eigenvalue weighted by Gasteiger charge is -2.32. The van der Waals surface area contributed by atoms with E-state index in [0.717, 1.165) is 17.3 Å². The number of piperidine rings is 1. The lowest BCUT2D eigenvalue weighted by molar-refractivity contribution is -0.0494. The first-order chi connectivity index (χ1) is 13.7. The number of aliphatic imine (C=N–C) groups is 1. The Morgan fingerprint density at radius 3 is 2.62 bits per heavy atom. The second-order valence-electron chi connectivity index (χ2n) is 6.88. The van der Waals surface area contributed by atoms with Crippen molar-refractivity contribution in [2.24, 2.45) is 4.99 Å². The number of halogens is 3. The molecule has 0 radical (unpaired) electrons. The third kappa shape index (κ3) is 4.84. The molecule has 1 aliphatic rings. The first-order valence-corrected chi connectivity index (χ1v) is 10.7. The molecule has 0 amide bonds. The maximum atomic E-state index is 12.7. The number of aromatic amines is 1. The summed E-state index contributed by atoms with van der Waals surface area (Å²) in [6, 6.07) is 7.88. The van der Waals surface area contributed by atoms with Crippen LogP contribution < -0.4 is 10.6 Å². The average molecular weight is 431 g/mol. The summed E-state index contributed by atoms with van der Waals surface area (Å²) in [4.78, 5) is 7.37. The number of hydrogen-bond donors (Lipinski definition) is 3. The summed E-state index contributed by atoms with van der Waals surface area (Å²) in [6.45, 7) is 0.278. The van der Waals surface area contributed by atoms with Crippen LogP contribution in [0, 0.1) is 0 Å². The highest BCUT2D eigenvalue weighted by atomic mass is 32.2. The van der Waals surface area contributed by atoms with Gasteiger partial charge in [0.05, 0.1) is 0 Å². The molecule has 0 spiro atoms. The van der Waals surface area contributed by atoms with Crippen molar-refractivity contribution in [1.29, 1.82) is 0 Å². The van der Waals surface area contributed by atoms with E-state index in [1.54, 1.807) is 7.05 Å². The molecule has 2 heterocycles. The summed E-state index contributed by atoms with van der Waals surface area (Å²) in [5.74, 6) is 0.543. The van der Waals surface area contributed by atoms with Crippen LogP contribution in [-0.4, -0.2) is 61.9 Å². The van der Waals surface area contributed by atoms with E-state index in [2.05, 4.69) is 26.7 Å². The van der Waals surface area contributed by atoms with Crippen molar-refractivity contribution >= 4 is 26.9 Å². The summed E-state index contributed by atoms with van der Waals surface area (Å²) in [6.07, 6.45) is 3.29. The zero-order valence-electron chi connectivity index (χ0n) is 16.0. The topological polar surface area (TPSA) is 89.6 Å². The smallest absolute Gasteiger partial charge is 0.361 e. The fourth-order valence-corrected chi connectivity index (χ4v) is 4.41. The van der Waals surface area contributed by atoms with Gasteiger partial charge in [-0.1, -0.05) is 18.2 Å². The number of nitrogens with zero attached hydrogens (tertiary/aromatic N) is 2. The summed E-state index contributed by atoms with van der Waals surface area (Å²) >= 11 is 0. The Morgan fingerprint density at radius 1 is 1.28 bits per heavy atom. The van der Waals surface area contributed by atoms with Gasteiger partial charge in [-0.05, 0) is 30.9 Å². The molecule has 1 aromatic carbocycles. The maximum absolute atomic E-state index is 12.7. The monoisotopic (exact) mass is 431 g/mol. The highest BCUT2D eigenvalue weighted by Gasteiger charge is 2.50. The van der Waals surface area contributed by atoms with E-state index >= 15 is 0 Å². The molecule has 1 saturated heterocycles. The molecule has 2 aromatic rings. The lowest BCUT2D eigenvalue weighted by Crippen LogP contribution is -2.51. The average Bonchev–Trinajstić information content (AvgIpc) is 3.10. The van der Waals surface area contributed by atoms with Crippen LogP contribution in [0.1, 0.15) is 18.4 Å². The number of aromatic nitrogens is 1. The molecule has 3 N–H and O–H groups in total. The molecule has 160 valence electrons. The minimum Gasteiger partial charge on any atom is -0.361 e. The van der Waals surface area contributed by atoms with Gasteiger partial charge in [0.25, 0.3) is 0 Å². The van der Waals surface area contributed by atoms with Crippen LogP contribution in [0.3, 0.4) is 0 Å². The zero-order chi connectivity index (χ0) is 21.1. The molecule has 0 unspecified atom stereocenters. The highest BCUT2D eigenvalue weighted by molar-refractivity contribution is 7.90. The number of alkyl halides is 3. The number of nitrogens with one attached hydrogen (secondary N) is 3. The molecule has 1 aliphatic heterocycles. The van der Waals surface area contributed by atoms with Crippen LogP contribution in [0.5, 0.6) is 0 Å². The Balaban J connectivity index is 1.48. The van der Waals surface area contributed by atoms with Gasteiger partial charge in [0.15, 0.2) is 5.96 Å². The van der Waals surface area contributed by atoms with Gasteiger partial charge in [-0.3, -0.25) is 4.99 Å². The number of para-hydroxylation sites is 1. The summed E-state index contributed by atoms with van der Waals surface area (Å²) in [5, 5.41) is 7.52. The molecule has 11 heteroatoms. The Kier molecular flexibility index (Phi) is 6.37. The largest absolute Gasteiger partial charge is 0.511 e. The molecule has 29 heavy (non-hydrogen) atoms. The normalized spacial score (nSPS) is 17.6. The highest BCUT2D eigenvalue weighted by Crippen LogP contribution is 2.28. The predicted molar refractivity (Wildman–Crippen MR) is 106 cm³/mol. The lowest BCUT2D eigenvalue weighted by atomic mass is 10.1. The van der Waals surface area contributed by atoms with Crippen molar-refractivity contribution in [3.05, 3.63) is 36.0 Å². The van der Waals surface area contributed by atoms with E-state index in [0.29, 0.717) is 16.8 Å². The Morgan fingerprint density at radius 2 is 1.97 bits per heavy atom. The second-order valence-corrected chi connectivity index (χ2v) is 8.81. The number of rotatable bonds is 5. The first kappa shape index (κ1) is 21.4. The Hall–Kier alpha value is -2.27. The molecular formula is C18H24F3N5O2S. The molecule has 0 aliphatic carbocycles. The van der Waals surface area contributed by atoms with Crippen LogP contribution in [0.15, 0.2) is 35.5 Å². The van der Waals surface area contributed by atoms with Gasteiger partial charge in [0.2, 0.25) is 0 Å². The van der Waals surface area contributed by atoms with Crippen molar-refractivity contribution in [2.75, 3.05) is 26.7 Å². The van der Waals surface area contributed by atoms with Crippen LogP contribution in [0.25, 0.3) is 10.9 Å². The van der Waals surface area contributed by atoms with Crippen molar-refractivity contribution in [1.82, 2.24) is 19.9 Å². The summed E-state index contributed by atoms with van der Waals surface area (Å²) in [5.41, 5.74) is -3.01. The Bertz CT molecular complexity index is 963. The van der Waals surface area contributed by atoms with Gasteiger partial charge in [0, 0.05) is 49.8 Å². The van der Waals surface area contributed by atoms with E-state index in [1.807, 2.05) is 24.4 Å². The van der Waals surface area contributed by atoms with E-state index < -0.39 is 15.5 Å². The minimum absolute atomic E-state index is 0.144. The van der Waals surface area contributed by atoms with E-state index in [-0.39, 0.29) is 32.0 Å². The van der Waals surface area contributed by atoms with Crippen LogP contribution >= 0.6 is 0 Å². The number of hydrogen-bond acceptors (Lipinski definition) is 3. The van der Waals surface area contributed by atoms with Gasteiger partial charge < -0.3 is 15.6 Å². The third-order valence-electron chi connectivity index (χ3n) is 5.01. The molecule has 7 nitrogen and oxygen atoms in total. The van der Waals surface area contributed by atoms with Crippen LogP contribution in [0.4, 0.5) is 13.2 Å². The molecule has 0 atom stereocenters.